The standard InChI is InChI=1S/C17H22Cl2N2O2/c1-23-15-4-2-7-17(15)8-3-9-21(11-17)16(22)20-12-5-6-13(18)14(19)10-12/h5-6,10,15H,2-4,7-9,11H2,1H3,(H,20,22)/t15-,17+/m1/s1. The lowest BCUT2D eigenvalue weighted by Gasteiger charge is -2.43. The van der Waals surface area contributed by atoms with Gasteiger partial charge in [-0.15, -0.1) is 0 Å². The fourth-order valence-corrected chi connectivity index (χ4v) is 4.35. The first kappa shape index (κ1) is 16.9. The van der Waals surface area contributed by atoms with Gasteiger partial charge < -0.3 is 15.0 Å². The molecule has 126 valence electrons. The Morgan fingerprint density at radius 1 is 1.30 bits per heavy atom. The van der Waals surface area contributed by atoms with Crippen LogP contribution in [-0.2, 0) is 4.74 Å². The van der Waals surface area contributed by atoms with Crippen molar-refractivity contribution in [1.82, 2.24) is 4.90 Å². The molecule has 2 amide bonds. The Kier molecular flexibility index (Phi) is 5.04. The molecule has 3 rings (SSSR count). The quantitative estimate of drug-likeness (QED) is 0.826. The number of nitrogens with one attached hydrogen (secondary N) is 1. The zero-order valence-electron chi connectivity index (χ0n) is 13.3. The first-order valence-electron chi connectivity index (χ1n) is 8.08. The summed E-state index contributed by atoms with van der Waals surface area (Å²) in [6.45, 7) is 1.55. The third-order valence-corrected chi connectivity index (χ3v) is 5.91. The summed E-state index contributed by atoms with van der Waals surface area (Å²) in [5.74, 6) is 0. The van der Waals surface area contributed by atoms with E-state index in [2.05, 4.69) is 5.32 Å². The van der Waals surface area contributed by atoms with Crippen molar-refractivity contribution in [2.24, 2.45) is 5.41 Å². The van der Waals surface area contributed by atoms with E-state index in [0.717, 1.165) is 38.8 Å². The van der Waals surface area contributed by atoms with E-state index < -0.39 is 0 Å². The van der Waals surface area contributed by atoms with Crippen LogP contribution >= 0.6 is 23.2 Å². The van der Waals surface area contributed by atoms with Crippen molar-refractivity contribution in [1.29, 1.82) is 0 Å². The maximum atomic E-state index is 12.6. The van der Waals surface area contributed by atoms with Crippen molar-refractivity contribution < 1.29 is 9.53 Å². The van der Waals surface area contributed by atoms with Crippen LogP contribution in [0.1, 0.15) is 32.1 Å². The molecule has 1 aliphatic heterocycles. The van der Waals surface area contributed by atoms with Crippen LogP contribution in [0.4, 0.5) is 10.5 Å². The normalized spacial score (nSPS) is 27.4. The van der Waals surface area contributed by atoms with Crippen LogP contribution in [-0.4, -0.2) is 37.2 Å². The zero-order chi connectivity index (χ0) is 16.4. The van der Waals surface area contributed by atoms with Crippen molar-refractivity contribution >= 4 is 34.9 Å². The fourth-order valence-electron chi connectivity index (χ4n) is 4.05. The number of carbonyl (C=O) groups excluding carboxylic acids is 1. The minimum absolute atomic E-state index is 0.0794. The number of piperidine rings is 1. The maximum absolute atomic E-state index is 12.6. The molecular weight excluding hydrogens is 335 g/mol. The van der Waals surface area contributed by atoms with Crippen LogP contribution in [0.3, 0.4) is 0 Å². The molecule has 1 spiro atoms. The lowest BCUT2D eigenvalue weighted by atomic mass is 9.76. The van der Waals surface area contributed by atoms with Gasteiger partial charge in [0.15, 0.2) is 0 Å². The molecule has 0 bridgehead atoms. The van der Waals surface area contributed by atoms with E-state index in [0.29, 0.717) is 15.7 Å². The molecule has 2 atom stereocenters. The second-order valence-electron chi connectivity index (χ2n) is 6.56. The summed E-state index contributed by atoms with van der Waals surface area (Å²) < 4.78 is 5.69. The lowest BCUT2D eigenvalue weighted by Crippen LogP contribution is -2.51. The van der Waals surface area contributed by atoms with Crippen molar-refractivity contribution in [2.75, 3.05) is 25.5 Å². The Bertz CT molecular complexity index is 596. The molecule has 1 aliphatic carbocycles. The van der Waals surface area contributed by atoms with E-state index >= 15 is 0 Å². The molecule has 2 fully saturated rings. The molecule has 1 saturated carbocycles. The zero-order valence-corrected chi connectivity index (χ0v) is 14.8. The number of amides is 2. The van der Waals surface area contributed by atoms with E-state index in [1.54, 1.807) is 25.3 Å². The summed E-state index contributed by atoms with van der Waals surface area (Å²) in [4.78, 5) is 14.5. The van der Waals surface area contributed by atoms with Crippen LogP contribution in [0.15, 0.2) is 18.2 Å². The monoisotopic (exact) mass is 356 g/mol. The average Bonchev–Trinajstić information content (AvgIpc) is 2.92. The second kappa shape index (κ2) is 6.88. The van der Waals surface area contributed by atoms with Gasteiger partial charge in [0.05, 0.1) is 16.1 Å². The Balaban J connectivity index is 1.68. The number of methoxy groups -OCH3 is 1. The summed E-state index contributed by atoms with van der Waals surface area (Å²) in [6.07, 6.45) is 5.85. The van der Waals surface area contributed by atoms with Gasteiger partial charge in [0.1, 0.15) is 0 Å². The summed E-state index contributed by atoms with van der Waals surface area (Å²) in [5.41, 5.74) is 0.792. The summed E-state index contributed by atoms with van der Waals surface area (Å²) in [5, 5.41) is 3.84. The van der Waals surface area contributed by atoms with Gasteiger partial charge >= 0.3 is 6.03 Å². The first-order chi connectivity index (χ1) is 11.0. The molecule has 1 N–H and O–H groups in total. The SMILES string of the molecule is CO[C@@H]1CCC[C@@]12CCCN(C(=O)Nc1ccc(Cl)c(Cl)c1)C2. The number of hydrogen-bond donors (Lipinski definition) is 1. The van der Waals surface area contributed by atoms with Crippen molar-refractivity contribution in [3.8, 4) is 0 Å². The molecule has 6 heteroatoms. The van der Waals surface area contributed by atoms with E-state index in [1.165, 1.54) is 6.42 Å². The Morgan fingerprint density at radius 3 is 2.83 bits per heavy atom. The summed E-state index contributed by atoms with van der Waals surface area (Å²) in [7, 11) is 1.78. The van der Waals surface area contributed by atoms with Crippen LogP contribution in [0.25, 0.3) is 0 Å². The number of benzene rings is 1. The van der Waals surface area contributed by atoms with Crippen molar-refractivity contribution in [3.05, 3.63) is 28.2 Å². The van der Waals surface area contributed by atoms with Crippen molar-refractivity contribution in [3.63, 3.8) is 0 Å². The largest absolute Gasteiger partial charge is 0.381 e. The molecular formula is C17H22Cl2N2O2. The molecule has 0 unspecified atom stereocenters. The van der Waals surface area contributed by atoms with Gasteiger partial charge in [0.25, 0.3) is 0 Å². The van der Waals surface area contributed by atoms with Gasteiger partial charge in [0, 0.05) is 31.3 Å². The highest BCUT2D eigenvalue weighted by Gasteiger charge is 2.46. The number of urea groups is 1. The van der Waals surface area contributed by atoms with Gasteiger partial charge in [-0.3, -0.25) is 0 Å². The smallest absolute Gasteiger partial charge is 0.321 e. The number of ether oxygens (including phenoxy) is 1. The number of anilines is 1. The fraction of sp³-hybridized carbons (Fsp3) is 0.588. The van der Waals surface area contributed by atoms with E-state index in [1.807, 2.05) is 4.90 Å². The molecule has 4 nitrogen and oxygen atoms in total. The highest BCUT2D eigenvalue weighted by molar-refractivity contribution is 6.42. The molecule has 2 aliphatic rings. The topological polar surface area (TPSA) is 41.6 Å². The molecule has 0 radical (unpaired) electrons. The third kappa shape index (κ3) is 3.44. The van der Waals surface area contributed by atoms with Crippen LogP contribution < -0.4 is 5.32 Å². The van der Waals surface area contributed by atoms with E-state index in [9.17, 15) is 4.79 Å². The van der Waals surface area contributed by atoms with Crippen LogP contribution in [0, 0.1) is 5.41 Å². The predicted octanol–water partition coefficient (Wildman–Crippen LogP) is 4.81. The number of hydrogen-bond acceptors (Lipinski definition) is 2. The number of rotatable bonds is 2. The maximum Gasteiger partial charge on any atom is 0.321 e. The number of nitrogens with zero attached hydrogens (tertiary/aromatic N) is 1. The second-order valence-corrected chi connectivity index (χ2v) is 7.38. The highest BCUT2D eigenvalue weighted by Crippen LogP contribution is 2.46. The van der Waals surface area contributed by atoms with E-state index in [4.69, 9.17) is 27.9 Å². The number of carbonyl (C=O) groups is 1. The molecule has 1 aromatic carbocycles. The third-order valence-electron chi connectivity index (χ3n) is 5.18. The minimum Gasteiger partial charge on any atom is -0.381 e. The Hall–Kier alpha value is -0.970. The van der Waals surface area contributed by atoms with Crippen LogP contribution in [0.2, 0.25) is 10.0 Å². The summed E-state index contributed by atoms with van der Waals surface area (Å²) in [6, 6.07) is 5.05. The number of likely N-dealkylation sites (tertiary alicyclic amines) is 1. The first-order valence-corrected chi connectivity index (χ1v) is 8.83. The van der Waals surface area contributed by atoms with E-state index in [-0.39, 0.29) is 17.6 Å². The van der Waals surface area contributed by atoms with Gasteiger partial charge in [0.2, 0.25) is 0 Å². The summed E-state index contributed by atoms with van der Waals surface area (Å²) >= 11 is 11.9. The Morgan fingerprint density at radius 2 is 2.09 bits per heavy atom. The van der Waals surface area contributed by atoms with Gasteiger partial charge in [-0.2, -0.15) is 0 Å². The van der Waals surface area contributed by atoms with Crippen LogP contribution in [0.5, 0.6) is 0 Å². The lowest BCUT2D eigenvalue weighted by molar-refractivity contribution is -0.0244. The Labute approximate surface area is 147 Å². The molecule has 23 heavy (non-hydrogen) atoms. The van der Waals surface area contributed by atoms with Crippen molar-refractivity contribution in [2.45, 2.75) is 38.2 Å². The van der Waals surface area contributed by atoms with Gasteiger partial charge in [-0.1, -0.05) is 29.6 Å². The minimum atomic E-state index is -0.0794. The molecule has 1 saturated heterocycles. The van der Waals surface area contributed by atoms with Gasteiger partial charge in [-0.25, -0.2) is 4.79 Å². The predicted molar refractivity (Wildman–Crippen MR) is 93.4 cm³/mol. The molecule has 1 aromatic rings. The highest BCUT2D eigenvalue weighted by atomic mass is 35.5. The average molecular weight is 357 g/mol. The van der Waals surface area contributed by atoms with Gasteiger partial charge in [-0.05, 0) is 43.9 Å². The number of halogens is 2. The molecule has 1 heterocycles. The molecule has 0 aromatic heterocycles.